The zero-order valence-electron chi connectivity index (χ0n) is 10.3. The Morgan fingerprint density at radius 1 is 1.21 bits per heavy atom. The molecule has 1 aromatic heterocycles. The second-order valence-electron chi connectivity index (χ2n) is 4.43. The molecular formula is C14H10BClN2O. The zero-order chi connectivity index (χ0) is 13.4. The summed E-state index contributed by atoms with van der Waals surface area (Å²) < 4.78 is 1.99. The minimum Gasteiger partial charge on any atom is -0.299 e. The second kappa shape index (κ2) is 4.55. The molecule has 92 valence electrons. The SMILES string of the molecule is Bc1cccc(-n2cnc3cc(C(=O)Cl)ccc32)c1. The summed E-state index contributed by atoms with van der Waals surface area (Å²) in [6, 6.07) is 13.4. The summed E-state index contributed by atoms with van der Waals surface area (Å²) in [5.41, 5.74) is 4.41. The maximum atomic E-state index is 11.1. The largest absolute Gasteiger partial charge is 0.299 e. The third-order valence-electron chi connectivity index (χ3n) is 3.05. The molecule has 5 heteroatoms. The Hall–Kier alpha value is -2.07. The first-order valence-corrected chi connectivity index (χ1v) is 6.27. The smallest absolute Gasteiger partial charge is 0.252 e. The van der Waals surface area contributed by atoms with E-state index in [0.29, 0.717) is 5.56 Å². The Labute approximate surface area is 116 Å². The lowest BCUT2D eigenvalue weighted by atomic mass is 9.96. The van der Waals surface area contributed by atoms with Crippen molar-refractivity contribution in [3.63, 3.8) is 0 Å². The highest BCUT2D eigenvalue weighted by Crippen LogP contribution is 2.19. The summed E-state index contributed by atoms with van der Waals surface area (Å²) in [6.07, 6.45) is 1.75. The Bertz CT molecular complexity index is 782. The van der Waals surface area contributed by atoms with Crippen molar-refractivity contribution in [1.29, 1.82) is 0 Å². The molecule has 0 atom stereocenters. The molecular weight excluding hydrogens is 258 g/mol. The molecule has 0 bridgehead atoms. The number of halogens is 1. The maximum absolute atomic E-state index is 11.1. The summed E-state index contributed by atoms with van der Waals surface area (Å²) in [5.74, 6) is 0. The number of hydrogen-bond donors (Lipinski definition) is 0. The van der Waals surface area contributed by atoms with E-state index in [4.69, 9.17) is 11.6 Å². The molecule has 0 saturated heterocycles. The number of imidazole rings is 1. The number of aromatic nitrogens is 2. The van der Waals surface area contributed by atoms with E-state index in [9.17, 15) is 4.79 Å². The van der Waals surface area contributed by atoms with Gasteiger partial charge >= 0.3 is 0 Å². The highest BCUT2D eigenvalue weighted by atomic mass is 35.5. The van der Waals surface area contributed by atoms with Crippen molar-refractivity contribution in [2.24, 2.45) is 0 Å². The molecule has 0 radical (unpaired) electrons. The van der Waals surface area contributed by atoms with Crippen LogP contribution in [0.15, 0.2) is 48.8 Å². The van der Waals surface area contributed by atoms with Crippen LogP contribution in [0, 0.1) is 0 Å². The Balaban J connectivity index is 2.18. The summed E-state index contributed by atoms with van der Waals surface area (Å²) in [5, 5.41) is -0.466. The Kier molecular flexibility index (Phi) is 2.88. The lowest BCUT2D eigenvalue weighted by Gasteiger charge is -2.05. The minimum atomic E-state index is -0.466. The predicted molar refractivity (Wildman–Crippen MR) is 79.4 cm³/mol. The standard InChI is InChI=1S/C14H10BClN2O/c15-10-2-1-3-11(7-10)18-8-17-12-6-9(14(16)19)4-5-13(12)18/h1-8H,15H2. The van der Waals surface area contributed by atoms with Crippen molar-refractivity contribution in [3.05, 3.63) is 54.4 Å². The molecule has 0 aliphatic rings. The molecule has 1 heterocycles. The average molecular weight is 269 g/mol. The van der Waals surface area contributed by atoms with Crippen LogP contribution in [0.25, 0.3) is 16.7 Å². The van der Waals surface area contributed by atoms with E-state index in [2.05, 4.69) is 11.1 Å². The first-order chi connectivity index (χ1) is 9.15. The molecule has 3 rings (SSSR count). The van der Waals surface area contributed by atoms with Crippen LogP contribution in [0.5, 0.6) is 0 Å². The van der Waals surface area contributed by atoms with Gasteiger partial charge in [0, 0.05) is 11.3 Å². The van der Waals surface area contributed by atoms with Gasteiger partial charge in [0.25, 0.3) is 5.24 Å². The van der Waals surface area contributed by atoms with Gasteiger partial charge in [-0.3, -0.25) is 9.36 Å². The topological polar surface area (TPSA) is 34.9 Å². The van der Waals surface area contributed by atoms with Crippen molar-refractivity contribution in [2.75, 3.05) is 0 Å². The monoisotopic (exact) mass is 268 g/mol. The first kappa shape index (κ1) is 12.0. The van der Waals surface area contributed by atoms with Crippen LogP contribution >= 0.6 is 11.6 Å². The summed E-state index contributed by atoms with van der Waals surface area (Å²) in [7, 11) is 2.05. The number of nitrogens with zero attached hydrogens (tertiary/aromatic N) is 2. The van der Waals surface area contributed by atoms with E-state index in [1.807, 2.05) is 36.7 Å². The molecule has 0 unspecified atom stereocenters. The van der Waals surface area contributed by atoms with Gasteiger partial charge in [0.2, 0.25) is 0 Å². The highest BCUT2D eigenvalue weighted by molar-refractivity contribution is 6.67. The second-order valence-corrected chi connectivity index (χ2v) is 4.77. The average Bonchev–Trinajstić information content (AvgIpc) is 2.81. The predicted octanol–water partition coefficient (Wildman–Crippen LogP) is 1.66. The zero-order valence-corrected chi connectivity index (χ0v) is 11.1. The molecule has 0 aliphatic heterocycles. The number of rotatable bonds is 2. The van der Waals surface area contributed by atoms with Crippen molar-refractivity contribution < 1.29 is 4.79 Å². The molecule has 2 aromatic carbocycles. The van der Waals surface area contributed by atoms with Crippen molar-refractivity contribution >= 4 is 41.2 Å². The molecule has 0 amide bonds. The fourth-order valence-electron chi connectivity index (χ4n) is 2.12. The Morgan fingerprint density at radius 3 is 2.79 bits per heavy atom. The molecule has 0 fully saturated rings. The quantitative estimate of drug-likeness (QED) is 0.523. The van der Waals surface area contributed by atoms with E-state index >= 15 is 0 Å². The molecule has 0 spiro atoms. The number of hydrogen-bond acceptors (Lipinski definition) is 2. The number of carbonyl (C=O) groups excluding carboxylic acids is 1. The fourth-order valence-corrected chi connectivity index (χ4v) is 2.24. The molecule has 19 heavy (non-hydrogen) atoms. The van der Waals surface area contributed by atoms with Gasteiger partial charge in [0.15, 0.2) is 0 Å². The minimum absolute atomic E-state index is 0.462. The normalized spacial score (nSPS) is 10.8. The summed E-state index contributed by atoms with van der Waals surface area (Å²) >= 11 is 5.47. The third-order valence-corrected chi connectivity index (χ3v) is 3.27. The van der Waals surface area contributed by atoms with E-state index in [0.717, 1.165) is 16.7 Å². The molecule has 3 aromatic rings. The van der Waals surface area contributed by atoms with Crippen LogP contribution in [-0.2, 0) is 0 Å². The molecule has 0 saturated carbocycles. The molecule has 0 aliphatic carbocycles. The Morgan fingerprint density at radius 2 is 2.05 bits per heavy atom. The van der Waals surface area contributed by atoms with Gasteiger partial charge in [-0.25, -0.2) is 4.98 Å². The van der Waals surface area contributed by atoms with E-state index in [-0.39, 0.29) is 0 Å². The van der Waals surface area contributed by atoms with Crippen LogP contribution in [0.2, 0.25) is 0 Å². The summed E-state index contributed by atoms with van der Waals surface area (Å²) in [4.78, 5) is 15.5. The number of benzene rings is 2. The van der Waals surface area contributed by atoms with Gasteiger partial charge in [-0.15, -0.1) is 0 Å². The first-order valence-electron chi connectivity index (χ1n) is 5.89. The lowest BCUT2D eigenvalue weighted by molar-refractivity contribution is 0.108. The van der Waals surface area contributed by atoms with Gasteiger partial charge in [0.05, 0.1) is 11.0 Å². The summed E-state index contributed by atoms with van der Waals surface area (Å²) in [6.45, 7) is 0. The van der Waals surface area contributed by atoms with E-state index < -0.39 is 5.24 Å². The van der Waals surface area contributed by atoms with E-state index in [1.54, 1.807) is 18.5 Å². The lowest BCUT2D eigenvalue weighted by Crippen LogP contribution is -2.03. The van der Waals surface area contributed by atoms with Crippen LogP contribution in [0.4, 0.5) is 0 Å². The maximum Gasteiger partial charge on any atom is 0.252 e. The van der Waals surface area contributed by atoms with Crippen LogP contribution in [0.1, 0.15) is 10.4 Å². The van der Waals surface area contributed by atoms with Crippen molar-refractivity contribution in [1.82, 2.24) is 9.55 Å². The van der Waals surface area contributed by atoms with Crippen LogP contribution in [-0.4, -0.2) is 22.6 Å². The molecule has 3 nitrogen and oxygen atoms in total. The van der Waals surface area contributed by atoms with Crippen LogP contribution in [0.3, 0.4) is 0 Å². The molecule has 0 N–H and O–H groups in total. The van der Waals surface area contributed by atoms with Gasteiger partial charge < -0.3 is 0 Å². The highest BCUT2D eigenvalue weighted by Gasteiger charge is 2.08. The van der Waals surface area contributed by atoms with Gasteiger partial charge in [0.1, 0.15) is 14.2 Å². The van der Waals surface area contributed by atoms with Crippen LogP contribution < -0.4 is 5.46 Å². The van der Waals surface area contributed by atoms with Gasteiger partial charge in [-0.1, -0.05) is 17.6 Å². The van der Waals surface area contributed by atoms with Crippen molar-refractivity contribution in [2.45, 2.75) is 0 Å². The third kappa shape index (κ3) is 2.15. The van der Waals surface area contributed by atoms with Gasteiger partial charge in [-0.05, 0) is 41.9 Å². The van der Waals surface area contributed by atoms with Gasteiger partial charge in [-0.2, -0.15) is 0 Å². The number of carbonyl (C=O) groups is 1. The number of fused-ring (bicyclic) bond motifs is 1. The van der Waals surface area contributed by atoms with E-state index in [1.165, 1.54) is 5.46 Å². The van der Waals surface area contributed by atoms with Crippen molar-refractivity contribution in [3.8, 4) is 5.69 Å². The fraction of sp³-hybridized carbons (Fsp3) is 0.